The van der Waals surface area contributed by atoms with Gasteiger partial charge >= 0.3 is 0 Å². The highest BCUT2D eigenvalue weighted by Gasteiger charge is 2.20. The van der Waals surface area contributed by atoms with Crippen molar-refractivity contribution in [2.75, 3.05) is 32.7 Å². The first kappa shape index (κ1) is 19.3. The number of para-hydroxylation sites is 1. The fourth-order valence-corrected chi connectivity index (χ4v) is 4.41. The Morgan fingerprint density at radius 2 is 1.92 bits per heavy atom. The summed E-state index contributed by atoms with van der Waals surface area (Å²) in [6.45, 7) is 9.57. The van der Waals surface area contributed by atoms with E-state index in [0.29, 0.717) is 12.3 Å². The molecule has 2 aromatic rings. The van der Waals surface area contributed by atoms with Gasteiger partial charge in [-0.2, -0.15) is 0 Å². The largest absolute Gasteiger partial charge is 0.340 e. The summed E-state index contributed by atoms with van der Waals surface area (Å²) in [5.41, 5.74) is 1.10. The molecular formula is C21H31N3OS. The van der Waals surface area contributed by atoms with Gasteiger partial charge in [-0.1, -0.05) is 26.0 Å². The number of unbranched alkanes of at least 4 members (excludes halogenated alkanes) is 1. The van der Waals surface area contributed by atoms with E-state index in [4.69, 9.17) is 0 Å². The Morgan fingerprint density at radius 3 is 2.65 bits per heavy atom. The summed E-state index contributed by atoms with van der Waals surface area (Å²) in [4.78, 5) is 21.6. The molecule has 1 saturated heterocycles. The van der Waals surface area contributed by atoms with E-state index in [1.165, 1.54) is 22.7 Å². The topological polar surface area (TPSA) is 36.4 Å². The maximum atomic E-state index is 12.4. The number of fused-ring (bicyclic) bond motifs is 1. The van der Waals surface area contributed by atoms with Gasteiger partial charge in [0.2, 0.25) is 5.91 Å². The highest BCUT2D eigenvalue weighted by Crippen LogP contribution is 2.23. The number of amides is 1. The summed E-state index contributed by atoms with van der Waals surface area (Å²) in [6, 6.07) is 8.29. The highest BCUT2D eigenvalue weighted by atomic mass is 32.1. The van der Waals surface area contributed by atoms with E-state index in [2.05, 4.69) is 46.8 Å². The molecule has 0 bridgehead atoms. The van der Waals surface area contributed by atoms with Crippen LogP contribution in [0.4, 0.5) is 0 Å². The van der Waals surface area contributed by atoms with E-state index in [-0.39, 0.29) is 0 Å². The van der Waals surface area contributed by atoms with Crippen molar-refractivity contribution in [1.82, 2.24) is 14.8 Å². The Balaban J connectivity index is 1.33. The number of hydrogen-bond acceptors (Lipinski definition) is 4. The van der Waals surface area contributed by atoms with Crippen LogP contribution in [0.15, 0.2) is 24.3 Å². The van der Waals surface area contributed by atoms with Crippen LogP contribution >= 0.6 is 11.3 Å². The van der Waals surface area contributed by atoms with E-state index in [9.17, 15) is 4.79 Å². The molecule has 2 heterocycles. The predicted octanol–water partition coefficient (Wildman–Crippen LogP) is 4.20. The van der Waals surface area contributed by atoms with Gasteiger partial charge in [0.05, 0.1) is 15.2 Å². The molecule has 1 amide bonds. The Kier molecular flexibility index (Phi) is 7.03. The van der Waals surface area contributed by atoms with Gasteiger partial charge in [-0.3, -0.25) is 9.69 Å². The van der Waals surface area contributed by atoms with E-state index in [0.717, 1.165) is 56.9 Å². The SMILES string of the molecule is CC(C)CCN1CCN(C(=O)CCCCc2nc3ccccc3s2)CC1. The van der Waals surface area contributed by atoms with Crippen LogP contribution in [0.1, 0.15) is 44.5 Å². The number of piperazine rings is 1. The van der Waals surface area contributed by atoms with Gasteiger partial charge in [-0.15, -0.1) is 11.3 Å². The average Bonchev–Trinajstić information content (AvgIpc) is 3.06. The second kappa shape index (κ2) is 9.47. The van der Waals surface area contributed by atoms with Gasteiger partial charge in [-0.05, 0) is 50.3 Å². The molecule has 0 unspecified atom stereocenters. The first-order chi connectivity index (χ1) is 12.6. The van der Waals surface area contributed by atoms with Crippen molar-refractivity contribution >= 4 is 27.5 Å². The summed E-state index contributed by atoms with van der Waals surface area (Å²) < 4.78 is 1.26. The molecule has 3 rings (SSSR count). The van der Waals surface area contributed by atoms with Gasteiger partial charge in [0.25, 0.3) is 0 Å². The Morgan fingerprint density at radius 1 is 1.15 bits per heavy atom. The maximum Gasteiger partial charge on any atom is 0.222 e. The minimum absolute atomic E-state index is 0.331. The molecule has 1 aliphatic rings. The monoisotopic (exact) mass is 373 g/mol. The van der Waals surface area contributed by atoms with E-state index in [1.54, 1.807) is 11.3 Å². The minimum Gasteiger partial charge on any atom is -0.340 e. The zero-order chi connectivity index (χ0) is 18.4. The predicted molar refractivity (Wildman–Crippen MR) is 110 cm³/mol. The van der Waals surface area contributed by atoms with Crippen LogP contribution in [0.5, 0.6) is 0 Å². The third-order valence-electron chi connectivity index (χ3n) is 5.12. The average molecular weight is 374 g/mol. The quantitative estimate of drug-likeness (QED) is 0.651. The van der Waals surface area contributed by atoms with Crippen LogP contribution < -0.4 is 0 Å². The van der Waals surface area contributed by atoms with Crippen molar-refractivity contribution in [3.8, 4) is 0 Å². The normalized spacial score (nSPS) is 15.9. The van der Waals surface area contributed by atoms with E-state index in [1.807, 2.05) is 6.07 Å². The molecular weight excluding hydrogens is 342 g/mol. The number of carbonyl (C=O) groups is 1. The molecule has 0 spiro atoms. The first-order valence-corrected chi connectivity index (χ1v) is 10.8. The molecule has 1 fully saturated rings. The number of benzene rings is 1. The summed E-state index contributed by atoms with van der Waals surface area (Å²) in [5.74, 6) is 1.09. The third kappa shape index (κ3) is 5.52. The standard InChI is InChI=1S/C21H31N3OS/c1-17(2)11-12-23-13-15-24(16-14-23)21(25)10-6-5-9-20-22-18-7-3-4-8-19(18)26-20/h3-4,7-8,17H,5-6,9-16H2,1-2H3. The van der Waals surface area contributed by atoms with Crippen molar-refractivity contribution in [3.63, 3.8) is 0 Å². The molecule has 1 aromatic carbocycles. The number of hydrogen-bond donors (Lipinski definition) is 0. The number of thiazole rings is 1. The smallest absolute Gasteiger partial charge is 0.222 e. The lowest BCUT2D eigenvalue weighted by molar-refractivity contribution is -0.133. The summed E-state index contributed by atoms with van der Waals surface area (Å²) >= 11 is 1.78. The van der Waals surface area contributed by atoms with Gasteiger partial charge in [0.15, 0.2) is 0 Å². The van der Waals surface area contributed by atoms with Crippen LogP contribution in [0.25, 0.3) is 10.2 Å². The Bertz CT molecular complexity index is 671. The van der Waals surface area contributed by atoms with Gasteiger partial charge in [0.1, 0.15) is 0 Å². The van der Waals surface area contributed by atoms with E-state index < -0.39 is 0 Å². The lowest BCUT2D eigenvalue weighted by Crippen LogP contribution is -2.48. The molecule has 1 aliphatic heterocycles. The fourth-order valence-electron chi connectivity index (χ4n) is 3.40. The minimum atomic E-state index is 0.331. The second-order valence-electron chi connectivity index (χ2n) is 7.69. The molecule has 0 radical (unpaired) electrons. The highest BCUT2D eigenvalue weighted by molar-refractivity contribution is 7.18. The second-order valence-corrected chi connectivity index (χ2v) is 8.80. The van der Waals surface area contributed by atoms with Crippen molar-refractivity contribution in [2.45, 2.75) is 46.0 Å². The zero-order valence-corrected chi connectivity index (χ0v) is 16.9. The number of carbonyl (C=O) groups excluding carboxylic acids is 1. The van der Waals surface area contributed by atoms with Gasteiger partial charge in [-0.25, -0.2) is 4.98 Å². The van der Waals surface area contributed by atoms with Crippen molar-refractivity contribution in [1.29, 1.82) is 0 Å². The molecule has 5 heteroatoms. The molecule has 142 valence electrons. The molecule has 1 aromatic heterocycles. The van der Waals surface area contributed by atoms with Crippen LogP contribution in [-0.4, -0.2) is 53.4 Å². The van der Waals surface area contributed by atoms with Crippen LogP contribution in [-0.2, 0) is 11.2 Å². The number of nitrogens with zero attached hydrogens (tertiary/aromatic N) is 3. The molecule has 0 saturated carbocycles. The maximum absolute atomic E-state index is 12.4. The molecule has 0 N–H and O–H groups in total. The van der Waals surface area contributed by atoms with Gasteiger partial charge < -0.3 is 4.90 Å². The Hall–Kier alpha value is -1.46. The van der Waals surface area contributed by atoms with Crippen LogP contribution in [0.3, 0.4) is 0 Å². The third-order valence-corrected chi connectivity index (χ3v) is 6.21. The lowest BCUT2D eigenvalue weighted by atomic mass is 10.1. The fraction of sp³-hybridized carbons (Fsp3) is 0.619. The molecule has 0 atom stereocenters. The number of rotatable bonds is 8. The zero-order valence-electron chi connectivity index (χ0n) is 16.1. The Labute approximate surface area is 161 Å². The van der Waals surface area contributed by atoms with Crippen LogP contribution in [0, 0.1) is 5.92 Å². The van der Waals surface area contributed by atoms with E-state index >= 15 is 0 Å². The summed E-state index contributed by atoms with van der Waals surface area (Å²) in [5, 5.41) is 1.19. The van der Waals surface area contributed by atoms with Crippen molar-refractivity contribution in [2.24, 2.45) is 5.92 Å². The van der Waals surface area contributed by atoms with Crippen molar-refractivity contribution < 1.29 is 4.79 Å². The summed E-state index contributed by atoms with van der Waals surface area (Å²) in [6.07, 6.45) is 4.91. The van der Waals surface area contributed by atoms with Gasteiger partial charge in [0, 0.05) is 32.6 Å². The first-order valence-electron chi connectivity index (χ1n) is 9.96. The van der Waals surface area contributed by atoms with Crippen LogP contribution in [0.2, 0.25) is 0 Å². The lowest BCUT2D eigenvalue weighted by Gasteiger charge is -2.35. The van der Waals surface area contributed by atoms with Crippen molar-refractivity contribution in [3.05, 3.63) is 29.3 Å². The number of aryl methyl sites for hydroxylation is 1. The molecule has 0 aliphatic carbocycles. The summed E-state index contributed by atoms with van der Waals surface area (Å²) in [7, 11) is 0. The molecule has 26 heavy (non-hydrogen) atoms. The number of aromatic nitrogens is 1. The molecule has 4 nitrogen and oxygen atoms in total.